The van der Waals surface area contributed by atoms with Crippen LogP contribution in [-0.2, 0) is 0 Å². The van der Waals surface area contributed by atoms with E-state index in [1.165, 1.54) is 70.8 Å². The van der Waals surface area contributed by atoms with Gasteiger partial charge in [0, 0.05) is 6.04 Å². The quantitative estimate of drug-likeness (QED) is 0.724. The van der Waals surface area contributed by atoms with Gasteiger partial charge < -0.3 is 5.32 Å². The van der Waals surface area contributed by atoms with Crippen LogP contribution < -0.4 is 5.32 Å². The Bertz CT molecular complexity index is 244. The second kappa shape index (κ2) is 7.11. The largest absolute Gasteiger partial charge is 0.314 e. The molecule has 112 valence electrons. The van der Waals surface area contributed by atoms with Crippen LogP contribution in [0.5, 0.6) is 0 Å². The molecule has 0 aromatic rings. The molecule has 0 aliphatic heterocycles. The molecule has 1 N–H and O–H groups in total. The Morgan fingerprint density at radius 1 is 0.895 bits per heavy atom. The molecule has 2 fully saturated rings. The Morgan fingerprint density at radius 3 is 2.11 bits per heavy atom. The van der Waals surface area contributed by atoms with E-state index in [4.69, 9.17) is 0 Å². The Labute approximate surface area is 120 Å². The smallest absolute Gasteiger partial charge is 0.00673 e. The van der Waals surface area contributed by atoms with E-state index in [2.05, 4.69) is 26.1 Å². The molecule has 2 aliphatic rings. The van der Waals surface area contributed by atoms with Gasteiger partial charge in [-0.25, -0.2) is 0 Å². The third kappa shape index (κ3) is 4.48. The van der Waals surface area contributed by atoms with Crippen molar-refractivity contribution in [2.45, 2.75) is 91.0 Å². The standard InChI is InChI=1S/C18H35N/c1-4-18(2,3)16-10-12-17(13-11-16)19-14-15-8-6-5-7-9-15/h15-17,19H,4-14H2,1-3H3. The Kier molecular flexibility index (Phi) is 5.74. The van der Waals surface area contributed by atoms with Crippen molar-refractivity contribution >= 4 is 0 Å². The third-order valence-corrected chi connectivity index (χ3v) is 6.16. The predicted octanol–water partition coefficient (Wildman–Crippen LogP) is 5.15. The maximum Gasteiger partial charge on any atom is 0.00673 e. The van der Waals surface area contributed by atoms with Crippen molar-refractivity contribution in [3.8, 4) is 0 Å². The average molecular weight is 265 g/mol. The molecule has 0 bridgehead atoms. The fourth-order valence-electron chi connectivity index (χ4n) is 4.09. The molecule has 0 unspecified atom stereocenters. The summed E-state index contributed by atoms with van der Waals surface area (Å²) in [6, 6.07) is 0.825. The summed E-state index contributed by atoms with van der Waals surface area (Å²) in [5.41, 5.74) is 0.564. The van der Waals surface area contributed by atoms with E-state index in [1.807, 2.05) is 0 Å². The van der Waals surface area contributed by atoms with Gasteiger partial charge in [-0.3, -0.25) is 0 Å². The normalized spacial score (nSPS) is 30.5. The molecule has 0 radical (unpaired) electrons. The topological polar surface area (TPSA) is 12.0 Å². The number of nitrogens with one attached hydrogen (secondary N) is 1. The number of rotatable bonds is 5. The van der Waals surface area contributed by atoms with Gasteiger partial charge in [-0.05, 0) is 62.3 Å². The lowest BCUT2D eigenvalue weighted by molar-refractivity contribution is 0.135. The Hall–Kier alpha value is -0.0400. The van der Waals surface area contributed by atoms with Gasteiger partial charge in [-0.15, -0.1) is 0 Å². The zero-order valence-corrected chi connectivity index (χ0v) is 13.5. The minimum absolute atomic E-state index is 0.564. The van der Waals surface area contributed by atoms with Gasteiger partial charge in [0.05, 0.1) is 0 Å². The lowest BCUT2D eigenvalue weighted by atomic mass is 9.69. The van der Waals surface area contributed by atoms with Crippen LogP contribution in [-0.4, -0.2) is 12.6 Å². The molecule has 0 aromatic heterocycles. The van der Waals surface area contributed by atoms with Crippen molar-refractivity contribution in [3.63, 3.8) is 0 Å². The minimum atomic E-state index is 0.564. The highest BCUT2D eigenvalue weighted by Gasteiger charge is 2.31. The van der Waals surface area contributed by atoms with Crippen LogP contribution in [0, 0.1) is 17.3 Å². The van der Waals surface area contributed by atoms with Gasteiger partial charge in [-0.2, -0.15) is 0 Å². The van der Waals surface area contributed by atoms with E-state index in [9.17, 15) is 0 Å². The van der Waals surface area contributed by atoms with E-state index in [-0.39, 0.29) is 0 Å². The summed E-state index contributed by atoms with van der Waals surface area (Å²) in [6.45, 7) is 8.58. The third-order valence-electron chi connectivity index (χ3n) is 6.16. The van der Waals surface area contributed by atoms with Crippen molar-refractivity contribution in [1.82, 2.24) is 5.32 Å². The fraction of sp³-hybridized carbons (Fsp3) is 1.00. The van der Waals surface area contributed by atoms with Crippen LogP contribution in [0.2, 0.25) is 0 Å². The van der Waals surface area contributed by atoms with Crippen molar-refractivity contribution < 1.29 is 0 Å². The molecule has 0 amide bonds. The van der Waals surface area contributed by atoms with Gasteiger partial charge >= 0.3 is 0 Å². The van der Waals surface area contributed by atoms with Gasteiger partial charge in [0.25, 0.3) is 0 Å². The number of hydrogen-bond acceptors (Lipinski definition) is 1. The molecule has 0 heterocycles. The molecule has 2 saturated carbocycles. The van der Waals surface area contributed by atoms with Gasteiger partial charge in [-0.1, -0.05) is 46.5 Å². The van der Waals surface area contributed by atoms with E-state index < -0.39 is 0 Å². The highest BCUT2D eigenvalue weighted by atomic mass is 14.9. The second-order valence-electron chi connectivity index (χ2n) is 7.80. The monoisotopic (exact) mass is 265 g/mol. The van der Waals surface area contributed by atoms with Crippen molar-refractivity contribution in [1.29, 1.82) is 0 Å². The highest BCUT2D eigenvalue weighted by Crippen LogP contribution is 2.40. The molecular formula is C18H35N. The van der Waals surface area contributed by atoms with Crippen molar-refractivity contribution in [3.05, 3.63) is 0 Å². The molecule has 2 rings (SSSR count). The molecule has 1 heteroatoms. The summed E-state index contributed by atoms with van der Waals surface area (Å²) < 4.78 is 0. The molecular weight excluding hydrogens is 230 g/mol. The van der Waals surface area contributed by atoms with E-state index in [0.717, 1.165) is 17.9 Å². The Morgan fingerprint density at radius 2 is 1.53 bits per heavy atom. The fourth-order valence-corrected chi connectivity index (χ4v) is 4.09. The van der Waals surface area contributed by atoms with E-state index >= 15 is 0 Å². The second-order valence-corrected chi connectivity index (χ2v) is 7.80. The van der Waals surface area contributed by atoms with E-state index in [1.54, 1.807) is 0 Å². The molecule has 2 aliphatic carbocycles. The molecule has 0 atom stereocenters. The first-order valence-electron chi connectivity index (χ1n) is 8.85. The van der Waals surface area contributed by atoms with Gasteiger partial charge in [0.15, 0.2) is 0 Å². The van der Waals surface area contributed by atoms with Crippen molar-refractivity contribution in [2.75, 3.05) is 6.54 Å². The van der Waals surface area contributed by atoms with Crippen LogP contribution in [0.25, 0.3) is 0 Å². The molecule has 0 aromatic carbocycles. The van der Waals surface area contributed by atoms with Crippen LogP contribution in [0.4, 0.5) is 0 Å². The van der Waals surface area contributed by atoms with Crippen LogP contribution in [0.1, 0.15) is 85.0 Å². The van der Waals surface area contributed by atoms with Gasteiger partial charge in [0.2, 0.25) is 0 Å². The SMILES string of the molecule is CCC(C)(C)C1CCC(NCC2CCCCC2)CC1. The highest BCUT2D eigenvalue weighted by molar-refractivity contribution is 4.85. The van der Waals surface area contributed by atoms with E-state index in [0.29, 0.717) is 5.41 Å². The summed E-state index contributed by atoms with van der Waals surface area (Å²) in [4.78, 5) is 0. The van der Waals surface area contributed by atoms with Crippen LogP contribution in [0.15, 0.2) is 0 Å². The van der Waals surface area contributed by atoms with Crippen molar-refractivity contribution in [2.24, 2.45) is 17.3 Å². The first kappa shape index (κ1) is 15.4. The first-order chi connectivity index (χ1) is 9.12. The Balaban J connectivity index is 1.66. The maximum atomic E-state index is 3.88. The summed E-state index contributed by atoms with van der Waals surface area (Å²) >= 11 is 0. The zero-order chi connectivity index (χ0) is 13.7. The predicted molar refractivity (Wildman–Crippen MR) is 84.4 cm³/mol. The maximum absolute atomic E-state index is 3.88. The molecule has 0 saturated heterocycles. The van der Waals surface area contributed by atoms with Gasteiger partial charge in [0.1, 0.15) is 0 Å². The average Bonchev–Trinajstić information content (AvgIpc) is 2.47. The first-order valence-corrected chi connectivity index (χ1v) is 8.85. The summed E-state index contributed by atoms with van der Waals surface area (Å²) in [7, 11) is 0. The molecule has 19 heavy (non-hydrogen) atoms. The molecule has 0 spiro atoms. The summed E-state index contributed by atoms with van der Waals surface area (Å²) in [5.74, 6) is 1.95. The summed E-state index contributed by atoms with van der Waals surface area (Å²) in [5, 5.41) is 3.88. The van der Waals surface area contributed by atoms with Crippen LogP contribution >= 0.6 is 0 Å². The lowest BCUT2D eigenvalue weighted by Gasteiger charge is -2.39. The van der Waals surface area contributed by atoms with Crippen LogP contribution in [0.3, 0.4) is 0 Å². The zero-order valence-electron chi connectivity index (χ0n) is 13.5. The summed E-state index contributed by atoms with van der Waals surface area (Å²) in [6.07, 6.45) is 14.4. The minimum Gasteiger partial charge on any atom is -0.314 e. The molecule has 1 nitrogen and oxygen atoms in total. The number of hydrogen-bond donors (Lipinski definition) is 1. The lowest BCUT2D eigenvalue weighted by Crippen LogP contribution is -2.39.